The first-order valence-electron chi connectivity index (χ1n) is 4.38. The molecule has 0 amide bonds. The number of imidazole rings is 1. The molecule has 13 heavy (non-hydrogen) atoms. The third kappa shape index (κ3) is 2.29. The highest BCUT2D eigenvalue weighted by Gasteiger charge is 2.18. The molecular formula is C9H17N3O. The van der Waals surface area contributed by atoms with Gasteiger partial charge in [0, 0.05) is 12.0 Å². The molecule has 1 rings (SSSR count). The van der Waals surface area contributed by atoms with Crippen molar-refractivity contribution in [2.75, 3.05) is 6.54 Å². The highest BCUT2D eigenvalue weighted by molar-refractivity contribution is 5.10. The number of aliphatic hydroxyl groups excluding tert-OH is 1. The summed E-state index contributed by atoms with van der Waals surface area (Å²) >= 11 is 0. The summed E-state index contributed by atoms with van der Waals surface area (Å²) < 4.78 is 0. The molecule has 1 unspecified atom stereocenters. The lowest BCUT2D eigenvalue weighted by molar-refractivity contribution is 0.182. The van der Waals surface area contributed by atoms with Crippen molar-refractivity contribution in [1.82, 2.24) is 9.97 Å². The van der Waals surface area contributed by atoms with Crippen LogP contribution in [0.5, 0.6) is 0 Å². The Morgan fingerprint density at radius 2 is 2.23 bits per heavy atom. The molecule has 0 saturated heterocycles. The lowest BCUT2D eigenvalue weighted by Crippen LogP contribution is -2.15. The van der Waals surface area contributed by atoms with Gasteiger partial charge < -0.3 is 15.8 Å². The lowest BCUT2D eigenvalue weighted by Gasteiger charge is -2.14. The van der Waals surface area contributed by atoms with Crippen LogP contribution in [0.1, 0.15) is 38.4 Å². The molecule has 0 aromatic carbocycles. The van der Waals surface area contributed by atoms with Crippen LogP contribution in [0.3, 0.4) is 0 Å². The zero-order valence-corrected chi connectivity index (χ0v) is 8.33. The van der Waals surface area contributed by atoms with Gasteiger partial charge in [-0.2, -0.15) is 0 Å². The zero-order valence-electron chi connectivity index (χ0n) is 8.33. The molecule has 0 spiro atoms. The van der Waals surface area contributed by atoms with Crippen LogP contribution < -0.4 is 5.73 Å². The van der Waals surface area contributed by atoms with Crippen LogP contribution in [0, 0.1) is 0 Å². The van der Waals surface area contributed by atoms with E-state index < -0.39 is 6.10 Å². The monoisotopic (exact) mass is 183 g/mol. The van der Waals surface area contributed by atoms with Gasteiger partial charge in [-0.25, -0.2) is 4.98 Å². The summed E-state index contributed by atoms with van der Waals surface area (Å²) in [5.74, 6) is 0.870. The van der Waals surface area contributed by atoms with Gasteiger partial charge in [0.05, 0.1) is 11.9 Å². The molecular weight excluding hydrogens is 166 g/mol. The van der Waals surface area contributed by atoms with Crippen molar-refractivity contribution in [3.05, 3.63) is 17.7 Å². The molecule has 0 aliphatic carbocycles. The van der Waals surface area contributed by atoms with Crippen molar-refractivity contribution in [3.8, 4) is 0 Å². The van der Waals surface area contributed by atoms with E-state index in [-0.39, 0.29) is 12.0 Å². The summed E-state index contributed by atoms with van der Waals surface area (Å²) in [6.07, 6.45) is 1.00. The Balaban J connectivity index is 2.87. The minimum atomic E-state index is -0.636. The summed E-state index contributed by atoms with van der Waals surface area (Å²) in [6.45, 7) is 6.39. The Hall–Kier alpha value is -0.870. The fourth-order valence-corrected chi connectivity index (χ4v) is 1.01. The number of nitrogens with one attached hydrogen (secondary N) is 1. The average Bonchev–Trinajstić information content (AvgIpc) is 2.50. The molecule has 0 radical (unpaired) electrons. The Morgan fingerprint density at radius 1 is 1.62 bits per heavy atom. The van der Waals surface area contributed by atoms with Crippen molar-refractivity contribution < 1.29 is 5.11 Å². The molecule has 1 heterocycles. The molecule has 1 atom stereocenters. The van der Waals surface area contributed by atoms with Gasteiger partial charge in [-0.1, -0.05) is 20.8 Å². The maximum Gasteiger partial charge on any atom is 0.111 e. The average molecular weight is 183 g/mol. The van der Waals surface area contributed by atoms with Crippen molar-refractivity contribution in [2.45, 2.75) is 32.3 Å². The summed E-state index contributed by atoms with van der Waals surface area (Å²) in [7, 11) is 0. The quantitative estimate of drug-likeness (QED) is 0.631. The van der Waals surface area contributed by atoms with Gasteiger partial charge in [-0.3, -0.25) is 0 Å². The largest absolute Gasteiger partial charge is 0.386 e. The Bertz CT molecular complexity index is 275. The van der Waals surface area contributed by atoms with E-state index in [0.717, 1.165) is 5.82 Å². The van der Waals surface area contributed by atoms with Gasteiger partial charge in [0.25, 0.3) is 0 Å². The summed E-state index contributed by atoms with van der Waals surface area (Å²) in [6, 6.07) is 0. The highest BCUT2D eigenvalue weighted by atomic mass is 16.3. The van der Waals surface area contributed by atoms with Crippen LogP contribution in [0.15, 0.2) is 6.20 Å². The Labute approximate surface area is 78.2 Å². The summed E-state index contributed by atoms with van der Waals surface area (Å²) in [5, 5.41) is 9.41. The highest BCUT2D eigenvalue weighted by Crippen LogP contribution is 2.20. The van der Waals surface area contributed by atoms with Crippen LogP contribution in [0.2, 0.25) is 0 Å². The molecule has 1 aromatic heterocycles. The Kier molecular flexibility index (Phi) is 2.73. The van der Waals surface area contributed by atoms with Gasteiger partial charge in [0.1, 0.15) is 11.9 Å². The number of hydrogen-bond donors (Lipinski definition) is 3. The van der Waals surface area contributed by atoms with E-state index in [1.165, 1.54) is 0 Å². The fraction of sp³-hybridized carbons (Fsp3) is 0.667. The zero-order chi connectivity index (χ0) is 10.1. The van der Waals surface area contributed by atoms with E-state index in [0.29, 0.717) is 5.69 Å². The number of H-pyrrole nitrogens is 1. The van der Waals surface area contributed by atoms with Crippen molar-refractivity contribution in [3.63, 3.8) is 0 Å². The topological polar surface area (TPSA) is 74.9 Å². The number of aromatic amines is 1. The first-order chi connectivity index (χ1) is 5.95. The van der Waals surface area contributed by atoms with Gasteiger partial charge >= 0.3 is 0 Å². The number of hydrogen-bond acceptors (Lipinski definition) is 3. The predicted octanol–water partition coefficient (Wildman–Crippen LogP) is 0.699. The maximum atomic E-state index is 9.41. The number of nitrogens with zero attached hydrogens (tertiary/aromatic N) is 1. The molecule has 4 heteroatoms. The van der Waals surface area contributed by atoms with E-state index in [1.807, 2.05) is 0 Å². The second kappa shape index (κ2) is 3.47. The summed E-state index contributed by atoms with van der Waals surface area (Å²) in [5.41, 5.74) is 5.99. The molecule has 0 aliphatic heterocycles. The number of nitrogens with two attached hydrogens (primary N) is 1. The smallest absolute Gasteiger partial charge is 0.111 e. The molecule has 0 bridgehead atoms. The molecule has 74 valence electrons. The van der Waals surface area contributed by atoms with Crippen LogP contribution in [0.25, 0.3) is 0 Å². The minimum Gasteiger partial charge on any atom is -0.386 e. The van der Waals surface area contributed by atoms with Crippen molar-refractivity contribution in [2.24, 2.45) is 5.73 Å². The second-order valence-electron chi connectivity index (χ2n) is 4.19. The first kappa shape index (κ1) is 10.2. The van der Waals surface area contributed by atoms with Gasteiger partial charge in [0.15, 0.2) is 0 Å². The van der Waals surface area contributed by atoms with E-state index in [1.54, 1.807) is 6.20 Å². The molecule has 0 fully saturated rings. The van der Waals surface area contributed by atoms with Gasteiger partial charge in [-0.05, 0) is 0 Å². The number of aromatic nitrogens is 2. The molecule has 1 aromatic rings. The second-order valence-corrected chi connectivity index (χ2v) is 4.19. The fourth-order valence-electron chi connectivity index (χ4n) is 1.01. The minimum absolute atomic E-state index is 0.0213. The first-order valence-corrected chi connectivity index (χ1v) is 4.38. The van der Waals surface area contributed by atoms with E-state index >= 15 is 0 Å². The molecule has 0 saturated carbocycles. The van der Waals surface area contributed by atoms with Crippen molar-refractivity contribution >= 4 is 0 Å². The standard InChI is InChI=1S/C9H17N3O/c1-9(2,3)8-11-5-6(12-8)7(13)4-10/h5,7,13H,4,10H2,1-3H3,(H,11,12). The predicted molar refractivity (Wildman–Crippen MR) is 51.3 cm³/mol. The molecule has 4 N–H and O–H groups in total. The number of rotatable bonds is 2. The van der Waals surface area contributed by atoms with Crippen molar-refractivity contribution in [1.29, 1.82) is 0 Å². The van der Waals surface area contributed by atoms with E-state index in [2.05, 4.69) is 30.7 Å². The molecule has 4 nitrogen and oxygen atoms in total. The van der Waals surface area contributed by atoms with Crippen LogP contribution >= 0.6 is 0 Å². The van der Waals surface area contributed by atoms with Crippen LogP contribution in [-0.4, -0.2) is 21.6 Å². The normalized spacial score (nSPS) is 14.5. The van der Waals surface area contributed by atoms with E-state index in [4.69, 9.17) is 5.73 Å². The van der Waals surface area contributed by atoms with E-state index in [9.17, 15) is 5.11 Å². The summed E-state index contributed by atoms with van der Waals surface area (Å²) in [4.78, 5) is 7.25. The van der Waals surface area contributed by atoms with Gasteiger partial charge in [0.2, 0.25) is 0 Å². The number of aliphatic hydroxyl groups is 1. The Morgan fingerprint density at radius 3 is 2.62 bits per heavy atom. The third-order valence-electron chi connectivity index (χ3n) is 1.89. The SMILES string of the molecule is CC(C)(C)c1ncc(C(O)CN)[nH]1. The third-order valence-corrected chi connectivity index (χ3v) is 1.89. The van der Waals surface area contributed by atoms with Crippen LogP contribution in [-0.2, 0) is 5.41 Å². The van der Waals surface area contributed by atoms with Gasteiger partial charge in [-0.15, -0.1) is 0 Å². The maximum absolute atomic E-state index is 9.41. The molecule has 0 aliphatic rings. The lowest BCUT2D eigenvalue weighted by atomic mass is 9.96. The van der Waals surface area contributed by atoms with Crippen LogP contribution in [0.4, 0.5) is 0 Å².